The first kappa shape index (κ1) is 19.3. The highest BCUT2D eigenvalue weighted by Crippen LogP contribution is 2.34. The van der Waals surface area contributed by atoms with Crippen molar-refractivity contribution >= 4 is 45.0 Å². The molecule has 146 valence electrons. The molecule has 0 radical (unpaired) electrons. The first-order valence-corrected chi connectivity index (χ1v) is 10.6. The zero-order valence-electron chi connectivity index (χ0n) is 16.4. The van der Waals surface area contributed by atoms with Crippen LogP contribution in [0.5, 0.6) is 0 Å². The zero-order chi connectivity index (χ0) is 20.4. The monoisotopic (exact) mass is 402 g/mol. The van der Waals surface area contributed by atoms with Crippen molar-refractivity contribution in [1.29, 1.82) is 5.41 Å². The molecule has 1 heterocycles. The van der Waals surface area contributed by atoms with Gasteiger partial charge in [-0.05, 0) is 34.9 Å². The Labute approximate surface area is 174 Å². The van der Waals surface area contributed by atoms with Crippen LogP contribution in [0, 0.1) is 5.41 Å². The van der Waals surface area contributed by atoms with E-state index in [1.54, 1.807) is 0 Å². The number of hydrogen-bond donors (Lipinski definition) is 1. The molecule has 0 aliphatic heterocycles. The van der Waals surface area contributed by atoms with Crippen molar-refractivity contribution < 1.29 is 9.53 Å². The van der Waals surface area contributed by atoms with Crippen LogP contribution in [0.15, 0.2) is 60.7 Å². The third-order valence-electron chi connectivity index (χ3n) is 5.21. The summed E-state index contributed by atoms with van der Waals surface area (Å²) in [6, 6.07) is 20.9. The van der Waals surface area contributed by atoms with Crippen LogP contribution in [0.1, 0.15) is 23.0 Å². The summed E-state index contributed by atoms with van der Waals surface area (Å²) in [5.41, 5.74) is 6.04. The SMILES string of the molecule is CCOC(=O)c1c(CSC=N)n(C)c2cc(-c3cccc4ccccc34)ccc12. The average molecular weight is 403 g/mol. The first-order valence-electron chi connectivity index (χ1n) is 9.52. The number of carbonyl (C=O) groups is 1. The van der Waals surface area contributed by atoms with Crippen LogP contribution in [0.2, 0.25) is 0 Å². The molecule has 4 rings (SSSR count). The fraction of sp³-hybridized carbons (Fsp3) is 0.167. The van der Waals surface area contributed by atoms with E-state index in [-0.39, 0.29) is 5.97 Å². The predicted octanol–water partition coefficient (Wildman–Crippen LogP) is 6.02. The number of nitrogens with zero attached hydrogens (tertiary/aromatic N) is 1. The highest BCUT2D eigenvalue weighted by molar-refractivity contribution is 8.11. The Bertz CT molecular complexity index is 1220. The minimum absolute atomic E-state index is 0.309. The van der Waals surface area contributed by atoms with E-state index in [4.69, 9.17) is 10.1 Å². The second-order valence-corrected chi connectivity index (χ2v) is 7.65. The van der Waals surface area contributed by atoms with E-state index in [1.807, 2.05) is 30.7 Å². The molecule has 1 N–H and O–H groups in total. The van der Waals surface area contributed by atoms with Crippen molar-refractivity contribution in [3.05, 3.63) is 71.9 Å². The molecule has 0 unspecified atom stereocenters. The van der Waals surface area contributed by atoms with Crippen molar-refractivity contribution in [2.45, 2.75) is 12.7 Å². The van der Waals surface area contributed by atoms with Gasteiger partial charge in [0.2, 0.25) is 0 Å². The minimum Gasteiger partial charge on any atom is -0.462 e. The molecule has 0 amide bonds. The number of thioether (sulfide) groups is 1. The lowest BCUT2D eigenvalue weighted by atomic mass is 9.97. The molecule has 4 nitrogen and oxygen atoms in total. The van der Waals surface area contributed by atoms with Gasteiger partial charge in [0.05, 0.1) is 17.7 Å². The summed E-state index contributed by atoms with van der Waals surface area (Å²) in [7, 11) is 1.97. The van der Waals surface area contributed by atoms with E-state index in [1.165, 1.54) is 33.6 Å². The Morgan fingerprint density at radius 2 is 1.90 bits per heavy atom. The molecule has 1 aromatic heterocycles. The molecule has 0 bridgehead atoms. The maximum absolute atomic E-state index is 12.7. The molecular formula is C24H22N2O2S. The Morgan fingerprint density at radius 3 is 2.69 bits per heavy atom. The average Bonchev–Trinajstić information content (AvgIpc) is 3.03. The van der Waals surface area contributed by atoms with Gasteiger partial charge in [-0.2, -0.15) is 0 Å². The molecular weight excluding hydrogens is 380 g/mol. The zero-order valence-corrected chi connectivity index (χ0v) is 17.3. The quantitative estimate of drug-likeness (QED) is 0.244. The fourth-order valence-corrected chi connectivity index (χ4v) is 4.43. The number of carbonyl (C=O) groups excluding carboxylic acids is 1. The van der Waals surface area contributed by atoms with Crippen LogP contribution in [-0.4, -0.2) is 22.7 Å². The second-order valence-electron chi connectivity index (χ2n) is 6.79. The normalized spacial score (nSPS) is 11.1. The van der Waals surface area contributed by atoms with E-state index in [2.05, 4.69) is 48.5 Å². The van der Waals surface area contributed by atoms with Crippen molar-refractivity contribution in [1.82, 2.24) is 4.57 Å². The smallest absolute Gasteiger partial charge is 0.340 e. The van der Waals surface area contributed by atoms with Gasteiger partial charge in [-0.1, -0.05) is 54.6 Å². The lowest BCUT2D eigenvalue weighted by Crippen LogP contribution is -2.08. The van der Waals surface area contributed by atoms with Gasteiger partial charge in [0, 0.05) is 29.4 Å². The van der Waals surface area contributed by atoms with Gasteiger partial charge in [-0.25, -0.2) is 4.79 Å². The van der Waals surface area contributed by atoms with Crippen LogP contribution < -0.4 is 0 Å². The van der Waals surface area contributed by atoms with Crippen LogP contribution >= 0.6 is 11.8 Å². The van der Waals surface area contributed by atoms with Crippen LogP contribution in [0.4, 0.5) is 0 Å². The summed E-state index contributed by atoms with van der Waals surface area (Å²) in [6.07, 6.45) is 0. The molecule has 0 atom stereocenters. The van der Waals surface area contributed by atoms with Crippen LogP contribution in [-0.2, 0) is 17.5 Å². The molecule has 0 saturated heterocycles. The first-order chi connectivity index (χ1) is 14.2. The molecule has 0 spiro atoms. The molecule has 0 fully saturated rings. The van der Waals surface area contributed by atoms with Gasteiger partial charge in [-0.15, -0.1) is 11.8 Å². The molecule has 5 heteroatoms. The third-order valence-corrected chi connectivity index (χ3v) is 5.81. The number of benzene rings is 3. The molecule has 0 aliphatic carbocycles. The van der Waals surface area contributed by atoms with Crippen LogP contribution in [0.3, 0.4) is 0 Å². The summed E-state index contributed by atoms with van der Waals surface area (Å²) in [6.45, 7) is 2.15. The maximum Gasteiger partial charge on any atom is 0.340 e. The molecule has 4 aromatic rings. The van der Waals surface area contributed by atoms with Gasteiger partial charge in [0.15, 0.2) is 0 Å². The van der Waals surface area contributed by atoms with Crippen molar-refractivity contribution in [3.8, 4) is 11.1 Å². The van der Waals surface area contributed by atoms with E-state index in [9.17, 15) is 4.79 Å². The third kappa shape index (κ3) is 3.42. The number of aryl methyl sites for hydroxylation is 1. The van der Waals surface area contributed by atoms with Crippen molar-refractivity contribution in [3.63, 3.8) is 0 Å². The summed E-state index contributed by atoms with van der Waals surface area (Å²) in [5, 5.41) is 10.6. The van der Waals surface area contributed by atoms with E-state index in [0.717, 1.165) is 22.2 Å². The topological polar surface area (TPSA) is 55.1 Å². The predicted molar refractivity (Wildman–Crippen MR) is 122 cm³/mol. The van der Waals surface area contributed by atoms with Gasteiger partial charge >= 0.3 is 5.97 Å². The summed E-state index contributed by atoms with van der Waals surface area (Å²) in [5.74, 6) is 0.239. The number of nitrogens with one attached hydrogen (secondary N) is 1. The number of hydrogen-bond acceptors (Lipinski definition) is 4. The largest absolute Gasteiger partial charge is 0.462 e. The van der Waals surface area contributed by atoms with Gasteiger partial charge in [0.1, 0.15) is 0 Å². The molecule has 3 aromatic carbocycles. The van der Waals surface area contributed by atoms with Gasteiger partial charge in [-0.3, -0.25) is 0 Å². The minimum atomic E-state index is -0.309. The van der Waals surface area contributed by atoms with Gasteiger partial charge < -0.3 is 14.7 Å². The Kier molecular flexibility index (Phi) is 5.41. The maximum atomic E-state index is 12.7. The van der Waals surface area contributed by atoms with E-state index >= 15 is 0 Å². The molecule has 29 heavy (non-hydrogen) atoms. The Hall–Kier alpha value is -3.05. The lowest BCUT2D eigenvalue weighted by Gasteiger charge is -2.08. The summed E-state index contributed by atoms with van der Waals surface area (Å²) < 4.78 is 7.37. The molecule has 0 saturated carbocycles. The second kappa shape index (κ2) is 8.13. The summed E-state index contributed by atoms with van der Waals surface area (Å²) >= 11 is 1.36. The Balaban J connectivity index is 1.93. The van der Waals surface area contributed by atoms with Crippen molar-refractivity contribution in [2.75, 3.05) is 6.61 Å². The molecule has 0 aliphatic rings. The van der Waals surface area contributed by atoms with Gasteiger partial charge in [0.25, 0.3) is 0 Å². The summed E-state index contributed by atoms with van der Waals surface area (Å²) in [4.78, 5) is 12.7. The number of esters is 1. The van der Waals surface area contributed by atoms with E-state index < -0.39 is 0 Å². The van der Waals surface area contributed by atoms with Crippen LogP contribution in [0.25, 0.3) is 32.8 Å². The van der Waals surface area contributed by atoms with E-state index in [0.29, 0.717) is 17.9 Å². The number of ether oxygens (including phenoxy) is 1. The Morgan fingerprint density at radius 1 is 1.10 bits per heavy atom. The number of rotatable bonds is 6. The number of fused-ring (bicyclic) bond motifs is 2. The standard InChI is InChI=1S/C24H22N2O2S/c1-3-28-24(27)23-20-12-11-17(13-21(20)26(2)22(23)14-29-15-25)19-10-6-8-16-7-4-5-9-18(16)19/h4-13,15,25H,3,14H2,1-2H3. The highest BCUT2D eigenvalue weighted by atomic mass is 32.2. The van der Waals surface area contributed by atoms with Crippen molar-refractivity contribution in [2.24, 2.45) is 7.05 Å². The highest BCUT2D eigenvalue weighted by Gasteiger charge is 2.22. The lowest BCUT2D eigenvalue weighted by molar-refractivity contribution is 0.0527. The fourth-order valence-electron chi connectivity index (χ4n) is 3.85. The number of aromatic nitrogens is 1.